The molecule has 0 saturated heterocycles. The van der Waals surface area contributed by atoms with Crippen molar-refractivity contribution in [2.45, 2.75) is 31.7 Å². The number of methoxy groups -OCH3 is 1. The summed E-state index contributed by atoms with van der Waals surface area (Å²) in [6, 6.07) is 0.0592. The van der Waals surface area contributed by atoms with Gasteiger partial charge in [0.05, 0.1) is 13.5 Å². The fourth-order valence-corrected chi connectivity index (χ4v) is 3.01. The van der Waals surface area contributed by atoms with Gasteiger partial charge < -0.3 is 15.6 Å². The predicted octanol–water partition coefficient (Wildman–Crippen LogP) is 0.773. The highest BCUT2D eigenvalue weighted by Gasteiger charge is 2.44. The van der Waals surface area contributed by atoms with Crippen LogP contribution < -0.4 is 5.73 Å². The third-order valence-electron chi connectivity index (χ3n) is 2.94. The number of carbonyl (C=O) groups excluding carboxylic acids is 1. The lowest BCUT2D eigenvalue weighted by Gasteiger charge is -2.15. The van der Waals surface area contributed by atoms with Gasteiger partial charge in [-0.2, -0.15) is 11.8 Å². The second kappa shape index (κ2) is 6.47. The van der Waals surface area contributed by atoms with Crippen LogP contribution in [0.1, 0.15) is 25.7 Å². The first kappa shape index (κ1) is 13.8. The number of thioether (sulfide) groups is 1. The van der Waals surface area contributed by atoms with E-state index in [0.29, 0.717) is 12.8 Å². The Kier molecular flexibility index (Phi) is 5.58. The normalized spacial score (nSPS) is 19.2. The molecule has 3 N–H and O–H groups in total. The Bertz CT molecular complexity index is 231. The molecule has 1 atom stereocenters. The largest absolute Gasteiger partial charge is 0.469 e. The summed E-state index contributed by atoms with van der Waals surface area (Å²) in [7, 11) is 1.43. The summed E-state index contributed by atoms with van der Waals surface area (Å²) in [6.07, 6.45) is 3.41. The SMILES string of the molecule is COC(=O)CC1(CSCC(N)CCO)CC1. The molecule has 4 nitrogen and oxygen atoms in total. The van der Waals surface area contributed by atoms with Crippen LogP contribution in [0.2, 0.25) is 0 Å². The van der Waals surface area contributed by atoms with Crippen molar-refractivity contribution in [1.82, 2.24) is 0 Å². The van der Waals surface area contributed by atoms with Crippen LogP contribution in [0.25, 0.3) is 0 Å². The summed E-state index contributed by atoms with van der Waals surface area (Å²) in [5.74, 6) is 1.71. The van der Waals surface area contributed by atoms with E-state index in [1.807, 2.05) is 0 Å². The average molecular weight is 247 g/mol. The second-order valence-corrected chi connectivity index (χ2v) is 5.57. The molecule has 0 bridgehead atoms. The molecule has 0 amide bonds. The van der Waals surface area contributed by atoms with E-state index in [2.05, 4.69) is 4.74 Å². The monoisotopic (exact) mass is 247 g/mol. The smallest absolute Gasteiger partial charge is 0.306 e. The van der Waals surface area contributed by atoms with E-state index in [1.165, 1.54) is 7.11 Å². The van der Waals surface area contributed by atoms with Crippen molar-refractivity contribution in [3.63, 3.8) is 0 Å². The van der Waals surface area contributed by atoms with E-state index in [1.54, 1.807) is 11.8 Å². The quantitative estimate of drug-likeness (QED) is 0.620. The fraction of sp³-hybridized carbons (Fsp3) is 0.909. The molecule has 0 heterocycles. The molecule has 1 aliphatic rings. The zero-order valence-corrected chi connectivity index (χ0v) is 10.6. The zero-order valence-electron chi connectivity index (χ0n) is 9.78. The summed E-state index contributed by atoms with van der Waals surface area (Å²) < 4.78 is 4.69. The molecular formula is C11H21NO3S. The summed E-state index contributed by atoms with van der Waals surface area (Å²) in [4.78, 5) is 11.2. The highest BCUT2D eigenvalue weighted by Crippen LogP contribution is 2.51. The van der Waals surface area contributed by atoms with Crippen molar-refractivity contribution in [3.05, 3.63) is 0 Å². The van der Waals surface area contributed by atoms with E-state index in [-0.39, 0.29) is 24.0 Å². The molecule has 94 valence electrons. The Hall–Kier alpha value is -0.260. The van der Waals surface area contributed by atoms with E-state index in [0.717, 1.165) is 24.3 Å². The van der Waals surface area contributed by atoms with Gasteiger partial charge in [0.25, 0.3) is 0 Å². The highest BCUT2D eigenvalue weighted by atomic mass is 32.2. The lowest BCUT2D eigenvalue weighted by molar-refractivity contribution is -0.141. The molecule has 0 aromatic carbocycles. The van der Waals surface area contributed by atoms with Gasteiger partial charge in [0.1, 0.15) is 0 Å². The number of hydrogen-bond donors (Lipinski definition) is 2. The second-order valence-electron chi connectivity index (χ2n) is 4.54. The molecule has 0 aliphatic heterocycles. The van der Waals surface area contributed by atoms with Crippen LogP contribution in [0.3, 0.4) is 0 Å². The number of rotatable bonds is 8. The molecule has 1 unspecified atom stereocenters. The van der Waals surface area contributed by atoms with Crippen LogP contribution in [0.15, 0.2) is 0 Å². The summed E-state index contributed by atoms with van der Waals surface area (Å²) in [6.45, 7) is 0.148. The molecule has 0 aromatic heterocycles. The van der Waals surface area contributed by atoms with Crippen molar-refractivity contribution in [1.29, 1.82) is 0 Å². The third-order valence-corrected chi connectivity index (χ3v) is 4.42. The minimum Gasteiger partial charge on any atom is -0.469 e. The highest BCUT2D eigenvalue weighted by molar-refractivity contribution is 7.99. The number of ether oxygens (including phenoxy) is 1. The number of aliphatic hydroxyl groups excluding tert-OH is 1. The summed E-state index contributed by atoms with van der Waals surface area (Å²) in [5.41, 5.74) is 5.97. The molecule has 5 heteroatoms. The number of nitrogens with two attached hydrogens (primary N) is 1. The topological polar surface area (TPSA) is 72.5 Å². The molecule has 1 rings (SSSR count). The minimum atomic E-state index is -0.113. The standard InChI is InChI=1S/C11H21NO3S/c1-15-10(14)6-11(3-4-11)8-16-7-9(12)2-5-13/h9,13H,2-8,12H2,1H3. The van der Waals surface area contributed by atoms with Crippen molar-refractivity contribution in [3.8, 4) is 0 Å². The van der Waals surface area contributed by atoms with Gasteiger partial charge in [-0.3, -0.25) is 4.79 Å². The van der Waals surface area contributed by atoms with Crippen molar-refractivity contribution < 1.29 is 14.6 Å². The predicted molar refractivity (Wildman–Crippen MR) is 65.3 cm³/mol. The fourth-order valence-electron chi connectivity index (χ4n) is 1.60. The first-order valence-corrected chi connectivity index (χ1v) is 6.78. The molecule has 16 heavy (non-hydrogen) atoms. The van der Waals surface area contributed by atoms with Gasteiger partial charge in [-0.05, 0) is 30.4 Å². The first-order chi connectivity index (χ1) is 7.62. The molecule has 1 fully saturated rings. The van der Waals surface area contributed by atoms with Crippen LogP contribution in [-0.4, -0.2) is 42.3 Å². The minimum absolute atomic E-state index is 0.0592. The molecule has 1 aliphatic carbocycles. The van der Waals surface area contributed by atoms with Crippen molar-refractivity contribution in [2.75, 3.05) is 25.2 Å². The van der Waals surface area contributed by atoms with Crippen LogP contribution in [0, 0.1) is 5.41 Å². The van der Waals surface area contributed by atoms with Gasteiger partial charge in [0.15, 0.2) is 0 Å². The number of carbonyl (C=O) groups is 1. The lowest BCUT2D eigenvalue weighted by atomic mass is 10.1. The van der Waals surface area contributed by atoms with Crippen LogP contribution in [-0.2, 0) is 9.53 Å². The van der Waals surface area contributed by atoms with Gasteiger partial charge in [-0.1, -0.05) is 0 Å². The maximum Gasteiger partial charge on any atom is 0.306 e. The summed E-state index contributed by atoms with van der Waals surface area (Å²) in [5, 5.41) is 8.71. The maximum absolute atomic E-state index is 11.2. The third kappa shape index (κ3) is 4.72. The van der Waals surface area contributed by atoms with Crippen molar-refractivity contribution >= 4 is 17.7 Å². The number of hydrogen-bond acceptors (Lipinski definition) is 5. The van der Waals surface area contributed by atoms with Gasteiger partial charge in [0, 0.05) is 18.4 Å². The van der Waals surface area contributed by atoms with Gasteiger partial charge >= 0.3 is 5.97 Å². The van der Waals surface area contributed by atoms with Crippen LogP contribution in [0.4, 0.5) is 0 Å². The molecule has 1 saturated carbocycles. The van der Waals surface area contributed by atoms with E-state index in [9.17, 15) is 4.79 Å². The van der Waals surface area contributed by atoms with Crippen LogP contribution >= 0.6 is 11.8 Å². The Morgan fingerprint density at radius 2 is 2.31 bits per heavy atom. The lowest BCUT2D eigenvalue weighted by Crippen LogP contribution is -2.25. The van der Waals surface area contributed by atoms with Gasteiger partial charge in [0.2, 0.25) is 0 Å². The summed E-state index contributed by atoms with van der Waals surface area (Å²) >= 11 is 1.78. The van der Waals surface area contributed by atoms with Crippen LogP contribution in [0.5, 0.6) is 0 Å². The Labute approximate surface area is 101 Å². The zero-order chi connectivity index (χ0) is 12.0. The Balaban J connectivity index is 2.14. The van der Waals surface area contributed by atoms with Gasteiger partial charge in [-0.25, -0.2) is 0 Å². The maximum atomic E-state index is 11.2. The van der Waals surface area contributed by atoms with Gasteiger partial charge in [-0.15, -0.1) is 0 Å². The average Bonchev–Trinajstić information content (AvgIpc) is 2.98. The Morgan fingerprint density at radius 3 is 2.81 bits per heavy atom. The van der Waals surface area contributed by atoms with E-state index >= 15 is 0 Å². The van der Waals surface area contributed by atoms with Crippen molar-refractivity contribution in [2.24, 2.45) is 11.1 Å². The number of aliphatic hydroxyl groups is 1. The van der Waals surface area contributed by atoms with E-state index < -0.39 is 0 Å². The Morgan fingerprint density at radius 1 is 1.62 bits per heavy atom. The molecule has 0 aromatic rings. The number of esters is 1. The molecule has 0 spiro atoms. The first-order valence-electron chi connectivity index (χ1n) is 5.63. The van der Waals surface area contributed by atoms with E-state index in [4.69, 9.17) is 10.8 Å². The molecular weight excluding hydrogens is 226 g/mol. The molecule has 0 radical (unpaired) electrons.